The summed E-state index contributed by atoms with van der Waals surface area (Å²) in [6, 6.07) is 1.05. The van der Waals surface area contributed by atoms with E-state index in [4.69, 9.17) is 0 Å². The second-order valence-electron chi connectivity index (χ2n) is 5.38. The van der Waals surface area contributed by atoms with E-state index in [0.717, 1.165) is 25.9 Å². The molecule has 0 aromatic carbocycles. The summed E-state index contributed by atoms with van der Waals surface area (Å²) in [5.41, 5.74) is 0. The summed E-state index contributed by atoms with van der Waals surface area (Å²) < 4.78 is 0. The molecule has 0 atom stereocenters. The van der Waals surface area contributed by atoms with Gasteiger partial charge in [0, 0.05) is 37.9 Å². The molecule has 1 heterocycles. The lowest BCUT2D eigenvalue weighted by Crippen LogP contribution is -2.45. The molecule has 1 N–H and O–H groups in total. The van der Waals surface area contributed by atoms with Crippen molar-refractivity contribution in [3.05, 3.63) is 12.3 Å². The van der Waals surface area contributed by atoms with Crippen molar-refractivity contribution >= 4 is 6.03 Å². The molecular weight excluding hydrogens is 226 g/mol. The molecule has 0 aromatic rings. The van der Waals surface area contributed by atoms with Crippen LogP contribution in [0.1, 0.15) is 40.5 Å². The van der Waals surface area contributed by atoms with Gasteiger partial charge in [0.25, 0.3) is 0 Å². The summed E-state index contributed by atoms with van der Waals surface area (Å²) in [5, 5.41) is 2.99. The molecule has 1 rings (SSSR count). The van der Waals surface area contributed by atoms with Gasteiger partial charge in [-0.3, -0.25) is 4.90 Å². The third kappa shape index (κ3) is 4.69. The van der Waals surface area contributed by atoms with Gasteiger partial charge in [0.1, 0.15) is 0 Å². The number of nitrogens with zero attached hydrogens (tertiary/aromatic N) is 2. The van der Waals surface area contributed by atoms with Crippen LogP contribution < -0.4 is 5.32 Å². The first kappa shape index (κ1) is 15.0. The lowest BCUT2D eigenvalue weighted by Gasteiger charge is -2.31. The zero-order chi connectivity index (χ0) is 13.5. The van der Waals surface area contributed by atoms with Crippen LogP contribution in [0.4, 0.5) is 4.79 Å². The first-order valence-electron chi connectivity index (χ1n) is 6.99. The zero-order valence-corrected chi connectivity index (χ0v) is 12.1. The average molecular weight is 253 g/mol. The van der Waals surface area contributed by atoms with Crippen LogP contribution in [0.5, 0.6) is 0 Å². The molecule has 0 bridgehead atoms. The van der Waals surface area contributed by atoms with E-state index in [-0.39, 0.29) is 6.03 Å². The number of urea groups is 1. The highest BCUT2D eigenvalue weighted by Crippen LogP contribution is 2.06. The van der Waals surface area contributed by atoms with Crippen LogP contribution in [0.25, 0.3) is 0 Å². The van der Waals surface area contributed by atoms with Gasteiger partial charge in [0.05, 0.1) is 0 Å². The van der Waals surface area contributed by atoms with Crippen LogP contribution in [0.3, 0.4) is 0 Å². The molecule has 0 radical (unpaired) electrons. The fourth-order valence-corrected chi connectivity index (χ4v) is 2.33. The summed E-state index contributed by atoms with van der Waals surface area (Å²) in [4.78, 5) is 16.0. The summed E-state index contributed by atoms with van der Waals surface area (Å²) in [6.45, 7) is 11.2. The van der Waals surface area contributed by atoms with Crippen molar-refractivity contribution in [2.45, 2.75) is 52.6 Å². The van der Waals surface area contributed by atoms with Crippen LogP contribution in [-0.4, -0.2) is 47.5 Å². The molecule has 0 fully saturated rings. The van der Waals surface area contributed by atoms with Crippen molar-refractivity contribution < 1.29 is 4.79 Å². The molecule has 0 saturated heterocycles. The summed E-state index contributed by atoms with van der Waals surface area (Å²) >= 11 is 0. The maximum Gasteiger partial charge on any atom is 0.321 e. The van der Waals surface area contributed by atoms with Crippen LogP contribution >= 0.6 is 0 Å². The molecule has 1 aliphatic rings. The van der Waals surface area contributed by atoms with E-state index in [0.29, 0.717) is 18.6 Å². The van der Waals surface area contributed by atoms with Gasteiger partial charge in [-0.05, 0) is 40.5 Å². The van der Waals surface area contributed by atoms with Crippen LogP contribution in [0.2, 0.25) is 0 Å². The maximum absolute atomic E-state index is 11.9. The predicted molar refractivity (Wildman–Crippen MR) is 75.5 cm³/mol. The standard InChI is InChI=1S/C14H27N3O/c1-12(2)17(13(3)4)11-8-15-14(18)16-9-6-5-7-10-16/h6,9,12-13H,5,7-8,10-11H2,1-4H3,(H,15,18). The highest BCUT2D eigenvalue weighted by atomic mass is 16.2. The summed E-state index contributed by atoms with van der Waals surface area (Å²) in [5.74, 6) is 0. The van der Waals surface area contributed by atoms with Gasteiger partial charge < -0.3 is 10.2 Å². The Morgan fingerprint density at radius 2 is 2.00 bits per heavy atom. The summed E-state index contributed by atoms with van der Waals surface area (Å²) in [7, 11) is 0. The Morgan fingerprint density at radius 1 is 1.33 bits per heavy atom. The molecule has 0 unspecified atom stereocenters. The number of nitrogens with one attached hydrogen (secondary N) is 1. The maximum atomic E-state index is 11.9. The SMILES string of the molecule is CC(C)N(CCNC(=O)N1C=CCCC1)C(C)C. The first-order valence-corrected chi connectivity index (χ1v) is 6.99. The van der Waals surface area contributed by atoms with E-state index in [2.05, 4.69) is 44.0 Å². The number of carbonyl (C=O) groups is 1. The van der Waals surface area contributed by atoms with Crippen molar-refractivity contribution in [1.82, 2.24) is 15.1 Å². The van der Waals surface area contributed by atoms with E-state index >= 15 is 0 Å². The minimum absolute atomic E-state index is 0.0263. The number of allylic oxidation sites excluding steroid dienone is 1. The third-order valence-corrected chi connectivity index (χ3v) is 3.29. The highest BCUT2D eigenvalue weighted by molar-refractivity contribution is 5.75. The molecule has 0 saturated carbocycles. The summed E-state index contributed by atoms with van der Waals surface area (Å²) in [6.07, 6.45) is 6.09. The van der Waals surface area contributed by atoms with Crippen molar-refractivity contribution in [2.75, 3.05) is 19.6 Å². The molecule has 0 aliphatic carbocycles. The van der Waals surface area contributed by atoms with Crippen molar-refractivity contribution in [2.24, 2.45) is 0 Å². The fraction of sp³-hybridized carbons (Fsp3) is 0.786. The van der Waals surface area contributed by atoms with Crippen molar-refractivity contribution in [1.29, 1.82) is 0 Å². The molecule has 4 heteroatoms. The minimum Gasteiger partial charge on any atom is -0.336 e. The van der Waals surface area contributed by atoms with Gasteiger partial charge >= 0.3 is 6.03 Å². The van der Waals surface area contributed by atoms with E-state index < -0.39 is 0 Å². The van der Waals surface area contributed by atoms with Crippen molar-refractivity contribution in [3.63, 3.8) is 0 Å². The van der Waals surface area contributed by atoms with Gasteiger partial charge in [0.15, 0.2) is 0 Å². The Kier molecular flexibility index (Phi) is 6.19. The number of hydrogen-bond acceptors (Lipinski definition) is 2. The number of amides is 2. The monoisotopic (exact) mass is 253 g/mol. The van der Waals surface area contributed by atoms with Gasteiger partial charge in [-0.2, -0.15) is 0 Å². The lowest BCUT2D eigenvalue weighted by molar-refractivity contribution is 0.172. The minimum atomic E-state index is 0.0263. The second kappa shape index (κ2) is 7.41. The Labute approximate surface area is 111 Å². The Bertz CT molecular complexity index is 279. The van der Waals surface area contributed by atoms with Gasteiger partial charge in [0.2, 0.25) is 0 Å². The van der Waals surface area contributed by atoms with E-state index in [9.17, 15) is 4.79 Å². The molecule has 4 nitrogen and oxygen atoms in total. The van der Waals surface area contributed by atoms with E-state index in [1.165, 1.54) is 0 Å². The van der Waals surface area contributed by atoms with Gasteiger partial charge in [-0.15, -0.1) is 0 Å². The quantitative estimate of drug-likeness (QED) is 0.817. The van der Waals surface area contributed by atoms with Crippen molar-refractivity contribution in [3.8, 4) is 0 Å². The van der Waals surface area contributed by atoms with Crippen LogP contribution in [0, 0.1) is 0 Å². The molecule has 0 spiro atoms. The number of carbonyl (C=O) groups excluding carboxylic acids is 1. The van der Waals surface area contributed by atoms with E-state index in [1.54, 1.807) is 4.90 Å². The molecule has 2 amide bonds. The second-order valence-corrected chi connectivity index (χ2v) is 5.38. The normalized spacial score (nSPS) is 15.8. The Morgan fingerprint density at radius 3 is 2.50 bits per heavy atom. The Balaban J connectivity index is 2.29. The molecule has 18 heavy (non-hydrogen) atoms. The zero-order valence-electron chi connectivity index (χ0n) is 12.1. The lowest BCUT2D eigenvalue weighted by atomic mass is 10.2. The van der Waals surface area contributed by atoms with Crippen LogP contribution in [0.15, 0.2) is 12.3 Å². The topological polar surface area (TPSA) is 35.6 Å². The third-order valence-electron chi connectivity index (χ3n) is 3.29. The molecular formula is C14H27N3O. The van der Waals surface area contributed by atoms with Gasteiger partial charge in [-0.25, -0.2) is 4.79 Å². The van der Waals surface area contributed by atoms with Gasteiger partial charge in [-0.1, -0.05) is 6.08 Å². The average Bonchev–Trinajstić information content (AvgIpc) is 2.34. The van der Waals surface area contributed by atoms with E-state index in [1.807, 2.05) is 6.20 Å². The largest absolute Gasteiger partial charge is 0.336 e. The molecule has 104 valence electrons. The molecule has 0 aromatic heterocycles. The predicted octanol–water partition coefficient (Wildman–Crippen LogP) is 2.42. The number of rotatable bonds is 5. The van der Waals surface area contributed by atoms with Crippen LogP contribution in [-0.2, 0) is 0 Å². The highest BCUT2D eigenvalue weighted by Gasteiger charge is 2.15. The smallest absolute Gasteiger partial charge is 0.321 e. The first-order chi connectivity index (χ1) is 8.52. The number of hydrogen-bond donors (Lipinski definition) is 1. The molecule has 1 aliphatic heterocycles. The fourth-order valence-electron chi connectivity index (χ4n) is 2.33. The Hall–Kier alpha value is -1.03.